The molecule has 6 nitrogen and oxygen atoms in total. The van der Waals surface area contributed by atoms with Crippen molar-refractivity contribution in [1.82, 2.24) is 15.0 Å². The molecule has 0 atom stereocenters. The molecule has 0 amide bonds. The van der Waals surface area contributed by atoms with Crippen LogP contribution in [-0.4, -0.2) is 25.2 Å². The average Bonchev–Trinajstić information content (AvgIpc) is 2.66. The highest BCUT2D eigenvalue weighted by molar-refractivity contribution is 7.99. The Balaban J connectivity index is 1.71. The monoisotopic (exact) mass is 362 g/mol. The van der Waals surface area contributed by atoms with E-state index in [1.54, 1.807) is 30.5 Å². The molecule has 0 aliphatic carbocycles. The smallest absolute Gasteiger partial charge is 0.164 e. The number of pyridine rings is 1. The summed E-state index contributed by atoms with van der Waals surface area (Å²) in [5.41, 5.74) is 1.31. The van der Waals surface area contributed by atoms with Crippen LogP contribution in [0.3, 0.4) is 0 Å². The third-order valence-corrected chi connectivity index (χ3v) is 4.77. The molecule has 3 N–H and O–H groups in total. The first kappa shape index (κ1) is 16.2. The van der Waals surface area contributed by atoms with Gasteiger partial charge in [0.2, 0.25) is 0 Å². The van der Waals surface area contributed by atoms with Gasteiger partial charge in [0.15, 0.2) is 5.65 Å². The maximum Gasteiger partial charge on any atom is 0.164 e. The summed E-state index contributed by atoms with van der Waals surface area (Å²) < 4.78 is 0. The van der Waals surface area contributed by atoms with E-state index >= 15 is 0 Å². The SMILES string of the molecule is Oc1ccc(Sc2ccc(O)cc2Nc2ncnc3ncccc23)cc1. The van der Waals surface area contributed by atoms with Gasteiger partial charge in [-0.25, -0.2) is 15.0 Å². The lowest BCUT2D eigenvalue weighted by Gasteiger charge is -2.13. The number of aromatic hydroxyl groups is 2. The molecule has 0 unspecified atom stereocenters. The Morgan fingerprint density at radius 2 is 1.65 bits per heavy atom. The molecule has 0 fully saturated rings. The van der Waals surface area contributed by atoms with Crippen LogP contribution in [0.15, 0.2) is 76.9 Å². The second-order valence-electron chi connectivity index (χ2n) is 5.50. The largest absolute Gasteiger partial charge is 0.508 e. The summed E-state index contributed by atoms with van der Waals surface area (Å²) in [4.78, 5) is 14.6. The molecule has 7 heteroatoms. The molecule has 4 aromatic rings. The van der Waals surface area contributed by atoms with E-state index in [0.717, 1.165) is 15.2 Å². The molecule has 128 valence electrons. The predicted molar refractivity (Wildman–Crippen MR) is 101 cm³/mol. The predicted octanol–water partition coefficient (Wildman–Crippen LogP) is 4.33. The zero-order valence-electron chi connectivity index (χ0n) is 13.5. The fraction of sp³-hybridized carbons (Fsp3) is 0. The van der Waals surface area contributed by atoms with Crippen molar-refractivity contribution in [1.29, 1.82) is 0 Å². The maximum atomic E-state index is 9.90. The Kier molecular flexibility index (Phi) is 4.28. The van der Waals surface area contributed by atoms with Crippen LogP contribution in [0.5, 0.6) is 11.5 Å². The molecule has 4 rings (SSSR count). The van der Waals surface area contributed by atoms with E-state index in [-0.39, 0.29) is 11.5 Å². The van der Waals surface area contributed by atoms with E-state index in [2.05, 4.69) is 20.3 Å². The normalized spacial score (nSPS) is 10.8. The summed E-state index contributed by atoms with van der Waals surface area (Å²) >= 11 is 1.51. The van der Waals surface area contributed by atoms with Crippen molar-refractivity contribution < 1.29 is 10.2 Å². The van der Waals surface area contributed by atoms with Crippen LogP contribution in [0.25, 0.3) is 11.0 Å². The van der Waals surface area contributed by atoms with Crippen LogP contribution < -0.4 is 5.32 Å². The van der Waals surface area contributed by atoms with Gasteiger partial charge in [0, 0.05) is 22.1 Å². The van der Waals surface area contributed by atoms with E-state index < -0.39 is 0 Å². The van der Waals surface area contributed by atoms with Crippen molar-refractivity contribution in [3.05, 3.63) is 67.1 Å². The Hall–Kier alpha value is -3.32. The summed E-state index contributed by atoms with van der Waals surface area (Å²) in [5, 5.41) is 23.4. The molecule has 0 saturated heterocycles. The second-order valence-corrected chi connectivity index (χ2v) is 6.61. The quantitative estimate of drug-likeness (QED) is 0.498. The van der Waals surface area contributed by atoms with Crippen molar-refractivity contribution in [2.75, 3.05) is 5.32 Å². The first-order valence-electron chi connectivity index (χ1n) is 7.82. The summed E-state index contributed by atoms with van der Waals surface area (Å²) in [5.74, 6) is 0.985. The first-order chi connectivity index (χ1) is 12.7. The molecule has 26 heavy (non-hydrogen) atoms. The third-order valence-electron chi connectivity index (χ3n) is 3.69. The van der Waals surface area contributed by atoms with Gasteiger partial charge in [-0.05, 0) is 48.5 Å². The van der Waals surface area contributed by atoms with E-state index in [1.807, 2.05) is 30.3 Å². The van der Waals surface area contributed by atoms with Gasteiger partial charge in [-0.15, -0.1) is 0 Å². The molecule has 0 aliphatic rings. The van der Waals surface area contributed by atoms with Gasteiger partial charge in [0.1, 0.15) is 23.6 Å². The van der Waals surface area contributed by atoms with Gasteiger partial charge in [-0.2, -0.15) is 0 Å². The number of hydrogen-bond donors (Lipinski definition) is 3. The Morgan fingerprint density at radius 1 is 0.846 bits per heavy atom. The zero-order chi connectivity index (χ0) is 17.9. The molecule has 0 aliphatic heterocycles. The van der Waals surface area contributed by atoms with Crippen LogP contribution in [0.1, 0.15) is 0 Å². The van der Waals surface area contributed by atoms with Gasteiger partial charge in [-0.1, -0.05) is 11.8 Å². The fourth-order valence-corrected chi connectivity index (χ4v) is 3.35. The zero-order valence-corrected chi connectivity index (χ0v) is 14.3. The number of aromatic nitrogens is 3. The van der Waals surface area contributed by atoms with E-state index in [4.69, 9.17) is 0 Å². The lowest BCUT2D eigenvalue weighted by atomic mass is 10.2. The highest BCUT2D eigenvalue weighted by Crippen LogP contribution is 2.37. The van der Waals surface area contributed by atoms with E-state index in [1.165, 1.54) is 18.1 Å². The highest BCUT2D eigenvalue weighted by atomic mass is 32.2. The minimum absolute atomic E-state index is 0.152. The van der Waals surface area contributed by atoms with Gasteiger partial charge in [-0.3, -0.25) is 0 Å². The van der Waals surface area contributed by atoms with Crippen molar-refractivity contribution in [3.63, 3.8) is 0 Å². The molecule has 2 aromatic heterocycles. The Labute approximate surface area is 153 Å². The van der Waals surface area contributed by atoms with Crippen molar-refractivity contribution >= 4 is 34.3 Å². The van der Waals surface area contributed by atoms with Crippen LogP contribution in [0.4, 0.5) is 11.5 Å². The standard InChI is InChI=1S/C19H14N4O2S/c24-12-3-6-14(7-4-12)26-17-8-5-13(25)10-16(17)23-19-15-2-1-9-20-18(15)21-11-22-19/h1-11,24-25H,(H,20,21,22,23). The molecule has 0 bridgehead atoms. The van der Waals surface area contributed by atoms with Crippen molar-refractivity contribution in [2.24, 2.45) is 0 Å². The van der Waals surface area contributed by atoms with Gasteiger partial charge in [0.05, 0.1) is 11.1 Å². The minimum Gasteiger partial charge on any atom is -0.508 e. The van der Waals surface area contributed by atoms with Gasteiger partial charge < -0.3 is 15.5 Å². The molecule has 0 saturated carbocycles. The molecular weight excluding hydrogens is 348 g/mol. The Bertz CT molecular complexity index is 1070. The Morgan fingerprint density at radius 3 is 2.50 bits per heavy atom. The topological polar surface area (TPSA) is 91.2 Å². The number of anilines is 2. The number of phenolic OH excluding ortho intramolecular Hbond substituents is 2. The number of rotatable bonds is 4. The molecular formula is C19H14N4O2S. The summed E-state index contributed by atoms with van der Waals surface area (Å²) in [6.07, 6.45) is 3.13. The lowest BCUT2D eigenvalue weighted by Crippen LogP contribution is -1.98. The lowest BCUT2D eigenvalue weighted by molar-refractivity contribution is 0.474. The van der Waals surface area contributed by atoms with E-state index in [0.29, 0.717) is 17.2 Å². The highest BCUT2D eigenvalue weighted by Gasteiger charge is 2.10. The average molecular weight is 362 g/mol. The number of nitrogens with one attached hydrogen (secondary N) is 1. The molecule has 0 spiro atoms. The van der Waals surface area contributed by atoms with Crippen LogP contribution in [0.2, 0.25) is 0 Å². The second kappa shape index (κ2) is 6.89. The van der Waals surface area contributed by atoms with Crippen LogP contribution >= 0.6 is 11.8 Å². The molecule has 2 aromatic carbocycles. The van der Waals surface area contributed by atoms with Crippen molar-refractivity contribution in [3.8, 4) is 11.5 Å². The van der Waals surface area contributed by atoms with Gasteiger partial charge >= 0.3 is 0 Å². The minimum atomic E-state index is 0.152. The fourth-order valence-electron chi connectivity index (χ4n) is 2.47. The van der Waals surface area contributed by atoms with E-state index in [9.17, 15) is 10.2 Å². The van der Waals surface area contributed by atoms with Crippen LogP contribution in [-0.2, 0) is 0 Å². The first-order valence-corrected chi connectivity index (χ1v) is 8.63. The van der Waals surface area contributed by atoms with Gasteiger partial charge in [0.25, 0.3) is 0 Å². The molecule has 0 radical (unpaired) electrons. The number of hydrogen-bond acceptors (Lipinski definition) is 7. The third kappa shape index (κ3) is 3.38. The summed E-state index contributed by atoms with van der Waals surface area (Å²) in [7, 11) is 0. The van der Waals surface area contributed by atoms with Crippen LogP contribution in [0, 0.1) is 0 Å². The summed E-state index contributed by atoms with van der Waals surface area (Å²) in [6.45, 7) is 0. The number of nitrogens with zero attached hydrogens (tertiary/aromatic N) is 3. The van der Waals surface area contributed by atoms with Crippen molar-refractivity contribution in [2.45, 2.75) is 9.79 Å². The maximum absolute atomic E-state index is 9.90. The number of phenols is 2. The summed E-state index contributed by atoms with van der Waals surface area (Å²) in [6, 6.07) is 15.8. The number of fused-ring (bicyclic) bond motifs is 1. The molecule has 2 heterocycles. The number of benzene rings is 2.